The second kappa shape index (κ2) is 10.2. The average Bonchev–Trinajstić information content (AvgIpc) is 2.36. The molecule has 0 aromatic carbocycles. The number of hydrogen-bond acceptors (Lipinski definition) is 6. The number of rotatable bonds is 0. The highest BCUT2D eigenvalue weighted by Gasteiger charge is 2.25. The maximum atomic E-state index is 10.4. The molecule has 24 heavy (non-hydrogen) atoms. The molecule has 0 heterocycles. The van der Waals surface area contributed by atoms with Crippen LogP contribution in [0.5, 0.6) is 0 Å². The fourth-order valence-electron chi connectivity index (χ4n) is 0.792. The van der Waals surface area contributed by atoms with Gasteiger partial charge in [0.25, 0.3) is 0 Å². The Bertz CT molecular complexity index is 516. The van der Waals surface area contributed by atoms with Crippen LogP contribution >= 0.6 is 0 Å². The molecule has 0 saturated heterocycles. The van der Waals surface area contributed by atoms with E-state index < -0.39 is 18.1 Å². The summed E-state index contributed by atoms with van der Waals surface area (Å²) in [7, 11) is 6.35. The van der Waals surface area contributed by atoms with Crippen LogP contribution in [0, 0.1) is 21.6 Å². The lowest BCUT2D eigenvalue weighted by molar-refractivity contribution is 0.144. The molecule has 0 bridgehead atoms. The summed E-state index contributed by atoms with van der Waals surface area (Å²) in [6.45, 7) is 0. The van der Waals surface area contributed by atoms with E-state index in [2.05, 4.69) is 5.32 Å². The van der Waals surface area contributed by atoms with Crippen LogP contribution < -0.4 is 16.4 Å². The molecule has 0 spiro atoms. The number of carboxylic acid groups (broad SMARTS) is 2. The van der Waals surface area contributed by atoms with Crippen molar-refractivity contribution in [2.24, 2.45) is 5.73 Å². The summed E-state index contributed by atoms with van der Waals surface area (Å²) in [5, 5.41) is 49.3. The Kier molecular flexibility index (Phi) is 9.64. The average molecular weight is 346 g/mol. The van der Waals surface area contributed by atoms with E-state index in [1.165, 1.54) is 23.9 Å². The summed E-state index contributed by atoms with van der Waals surface area (Å²) in [4.78, 5) is 23.4. The fourth-order valence-corrected chi connectivity index (χ4v) is 0.792. The number of guanidine groups is 4. The first-order chi connectivity index (χ1) is 10.8. The highest BCUT2D eigenvalue weighted by atomic mass is 16.4. The van der Waals surface area contributed by atoms with Gasteiger partial charge in [-0.05, 0) is 0 Å². The molecule has 14 heteroatoms. The lowest BCUT2D eigenvalue weighted by atomic mass is 10.7. The van der Waals surface area contributed by atoms with Gasteiger partial charge in [0.1, 0.15) is 0 Å². The molecule has 0 aromatic heterocycles. The van der Waals surface area contributed by atoms with Gasteiger partial charge in [0, 0.05) is 28.2 Å². The second-order valence-corrected chi connectivity index (χ2v) is 4.40. The molecule has 2 amide bonds. The molecule has 0 aromatic rings. The summed E-state index contributed by atoms with van der Waals surface area (Å²) < 4.78 is 0. The van der Waals surface area contributed by atoms with Crippen molar-refractivity contribution in [2.75, 3.05) is 28.2 Å². The van der Waals surface area contributed by atoms with Crippen LogP contribution in [0.15, 0.2) is 0 Å². The topological polar surface area (TPSA) is 230 Å². The number of amides is 2. The summed E-state index contributed by atoms with van der Waals surface area (Å²) in [6.07, 6.45) is -3.63. The standard InChI is InChI=1S/C6H11N5O4.C4H11N5/c1-10(2)3(7)9-4(8)11(5(12)13)6(14)15;1-9(2)4(7)8-3(5)6/h1-2H3,(H,12,13)(H,14,15)(H3,7,8,9);1-2H3,(H5,5,6,7,8). The van der Waals surface area contributed by atoms with Gasteiger partial charge in [0.05, 0.1) is 0 Å². The molecule has 0 fully saturated rings. The second-order valence-electron chi connectivity index (χ2n) is 4.40. The predicted molar refractivity (Wildman–Crippen MR) is 86.6 cm³/mol. The van der Waals surface area contributed by atoms with E-state index in [1.807, 2.05) is 5.32 Å². The zero-order valence-corrected chi connectivity index (χ0v) is 13.6. The van der Waals surface area contributed by atoms with Crippen molar-refractivity contribution in [3.63, 3.8) is 0 Å². The zero-order valence-electron chi connectivity index (χ0n) is 13.6. The Morgan fingerprint density at radius 3 is 1.33 bits per heavy atom. The van der Waals surface area contributed by atoms with Crippen molar-refractivity contribution in [2.45, 2.75) is 0 Å². The van der Waals surface area contributed by atoms with E-state index in [4.69, 9.17) is 37.6 Å². The molecule has 10 N–H and O–H groups in total. The fraction of sp³-hybridized carbons (Fsp3) is 0.400. The minimum Gasteiger partial charge on any atom is -0.464 e. The first kappa shape index (κ1) is 22.7. The largest absolute Gasteiger partial charge is 0.464 e. The van der Waals surface area contributed by atoms with Gasteiger partial charge in [-0.3, -0.25) is 32.3 Å². The van der Waals surface area contributed by atoms with E-state index >= 15 is 0 Å². The Morgan fingerprint density at radius 1 is 0.792 bits per heavy atom. The first-order valence-corrected chi connectivity index (χ1v) is 6.05. The highest BCUT2D eigenvalue weighted by Crippen LogP contribution is 1.91. The van der Waals surface area contributed by atoms with E-state index in [0.29, 0.717) is 0 Å². The highest BCUT2D eigenvalue weighted by molar-refractivity contribution is 6.10. The van der Waals surface area contributed by atoms with E-state index in [9.17, 15) is 9.59 Å². The van der Waals surface area contributed by atoms with Gasteiger partial charge in [-0.25, -0.2) is 9.59 Å². The Hall–Kier alpha value is -3.58. The summed E-state index contributed by atoms with van der Waals surface area (Å²) in [5.41, 5.74) is 4.94. The van der Waals surface area contributed by atoms with Gasteiger partial charge in [-0.15, -0.1) is 4.90 Å². The molecular formula is C10H22N10O4. The third-order valence-electron chi connectivity index (χ3n) is 1.99. The Balaban J connectivity index is 0. The van der Waals surface area contributed by atoms with Gasteiger partial charge in [-0.1, -0.05) is 0 Å². The smallest absolute Gasteiger partial charge is 0.424 e. The maximum absolute atomic E-state index is 10.4. The molecule has 136 valence electrons. The van der Waals surface area contributed by atoms with Crippen LogP contribution in [-0.2, 0) is 0 Å². The summed E-state index contributed by atoms with van der Waals surface area (Å²) in [6, 6.07) is 0. The maximum Gasteiger partial charge on any atom is 0.424 e. The van der Waals surface area contributed by atoms with Crippen molar-refractivity contribution in [3.05, 3.63) is 0 Å². The lowest BCUT2D eigenvalue weighted by Gasteiger charge is -2.19. The number of imide groups is 1. The van der Waals surface area contributed by atoms with Crippen LogP contribution in [0.3, 0.4) is 0 Å². The van der Waals surface area contributed by atoms with Gasteiger partial charge in [0.2, 0.25) is 5.96 Å². The van der Waals surface area contributed by atoms with E-state index in [0.717, 1.165) is 0 Å². The van der Waals surface area contributed by atoms with Gasteiger partial charge in [-0.2, -0.15) is 0 Å². The number of carbonyl (C=O) groups is 2. The first-order valence-electron chi connectivity index (χ1n) is 6.05. The van der Waals surface area contributed by atoms with Gasteiger partial charge < -0.3 is 25.7 Å². The quantitative estimate of drug-likeness (QED) is 0.186. The van der Waals surface area contributed by atoms with Crippen LogP contribution in [-0.4, -0.2) is 89.1 Å². The van der Waals surface area contributed by atoms with Gasteiger partial charge in [0.15, 0.2) is 17.9 Å². The number of nitrogens with two attached hydrogens (primary N) is 1. The number of hydrogen-bond donors (Lipinski definition) is 9. The van der Waals surface area contributed by atoms with Crippen molar-refractivity contribution in [1.82, 2.24) is 25.3 Å². The van der Waals surface area contributed by atoms with Crippen LogP contribution in [0.1, 0.15) is 0 Å². The lowest BCUT2D eigenvalue weighted by Crippen LogP contribution is -2.51. The van der Waals surface area contributed by atoms with E-state index in [1.54, 1.807) is 14.1 Å². The minimum absolute atomic E-state index is 0.113. The van der Waals surface area contributed by atoms with Gasteiger partial charge >= 0.3 is 12.2 Å². The summed E-state index contributed by atoms with van der Waals surface area (Å²) in [5.74, 6) is -1.32. The molecule has 0 atom stereocenters. The third kappa shape index (κ3) is 9.37. The van der Waals surface area contributed by atoms with Crippen LogP contribution in [0.2, 0.25) is 0 Å². The van der Waals surface area contributed by atoms with Crippen LogP contribution in [0.25, 0.3) is 0 Å². The molecular weight excluding hydrogens is 324 g/mol. The van der Waals surface area contributed by atoms with Crippen LogP contribution in [0.4, 0.5) is 9.59 Å². The Labute approximate surface area is 137 Å². The molecule has 0 radical (unpaired) electrons. The molecule has 0 aliphatic rings. The zero-order chi connectivity index (χ0) is 19.6. The Morgan fingerprint density at radius 2 is 1.12 bits per heavy atom. The molecule has 0 aliphatic carbocycles. The summed E-state index contributed by atoms with van der Waals surface area (Å²) >= 11 is 0. The monoisotopic (exact) mass is 346 g/mol. The molecule has 0 aliphatic heterocycles. The predicted octanol–water partition coefficient (Wildman–Crippen LogP) is -1.37. The van der Waals surface area contributed by atoms with E-state index in [-0.39, 0.29) is 22.8 Å². The minimum atomic E-state index is -1.81. The molecule has 0 saturated carbocycles. The SMILES string of the molecule is CN(C)C(=N)NC(=N)N.CN(C)C(=N)NC(=N)N(C(=O)O)C(=O)O. The van der Waals surface area contributed by atoms with Crippen molar-refractivity contribution < 1.29 is 19.8 Å². The number of nitrogens with one attached hydrogen (secondary N) is 6. The molecule has 0 rings (SSSR count). The normalized spacial score (nSPS) is 8.67. The van der Waals surface area contributed by atoms with Crippen molar-refractivity contribution in [1.29, 1.82) is 21.6 Å². The molecule has 0 unspecified atom stereocenters. The van der Waals surface area contributed by atoms with Crippen molar-refractivity contribution in [3.8, 4) is 0 Å². The third-order valence-corrected chi connectivity index (χ3v) is 1.99. The molecule has 14 nitrogen and oxygen atoms in total. The number of nitrogens with zero attached hydrogens (tertiary/aromatic N) is 3. The van der Waals surface area contributed by atoms with Crippen molar-refractivity contribution >= 4 is 36.0 Å².